The number of hydrogen-bond donors (Lipinski definition) is 1. The molecule has 0 radical (unpaired) electrons. The zero-order valence-corrected chi connectivity index (χ0v) is 13.0. The van der Waals surface area contributed by atoms with Crippen LogP contribution < -0.4 is 5.32 Å². The monoisotopic (exact) mass is 301 g/mol. The lowest BCUT2D eigenvalue weighted by molar-refractivity contribution is 0.437. The summed E-state index contributed by atoms with van der Waals surface area (Å²) in [5.74, 6) is 0.705. The van der Waals surface area contributed by atoms with Crippen molar-refractivity contribution >= 4 is 27.3 Å². The van der Waals surface area contributed by atoms with Crippen LogP contribution in [-0.2, 0) is 0 Å². The summed E-state index contributed by atoms with van der Waals surface area (Å²) in [6, 6.07) is 0.464. The summed E-state index contributed by atoms with van der Waals surface area (Å²) in [7, 11) is 2.07. The second-order valence-electron chi connectivity index (χ2n) is 5.86. The lowest BCUT2D eigenvalue weighted by atomic mass is 9.99. The molecule has 90 valence electrons. The van der Waals surface area contributed by atoms with E-state index >= 15 is 0 Å². The van der Waals surface area contributed by atoms with Gasteiger partial charge in [0, 0.05) is 15.9 Å². The fraction of sp³-hybridized carbons (Fsp3) is 0.692. The summed E-state index contributed by atoms with van der Waals surface area (Å²) >= 11 is 5.42. The third kappa shape index (κ3) is 1.59. The van der Waals surface area contributed by atoms with Gasteiger partial charge in [-0.25, -0.2) is 0 Å². The van der Waals surface area contributed by atoms with Crippen molar-refractivity contribution in [3.05, 3.63) is 20.8 Å². The predicted octanol–water partition coefficient (Wildman–Crippen LogP) is 4.45. The lowest BCUT2D eigenvalue weighted by Gasteiger charge is -2.18. The van der Waals surface area contributed by atoms with Crippen LogP contribution in [0.25, 0.3) is 0 Å². The molecule has 1 fully saturated rings. The van der Waals surface area contributed by atoms with Crippen LogP contribution in [0.4, 0.5) is 0 Å². The van der Waals surface area contributed by atoms with Gasteiger partial charge >= 0.3 is 0 Å². The number of hydrogen-bond acceptors (Lipinski definition) is 2. The fourth-order valence-electron chi connectivity index (χ4n) is 3.10. The second kappa shape index (κ2) is 3.82. The van der Waals surface area contributed by atoms with Crippen molar-refractivity contribution in [2.24, 2.45) is 16.7 Å². The first-order valence-corrected chi connectivity index (χ1v) is 7.46. The summed E-state index contributed by atoms with van der Waals surface area (Å²) < 4.78 is 1.25. The van der Waals surface area contributed by atoms with E-state index in [0.29, 0.717) is 22.8 Å². The van der Waals surface area contributed by atoms with E-state index in [1.807, 2.05) is 0 Å². The van der Waals surface area contributed by atoms with Crippen molar-refractivity contribution in [1.82, 2.24) is 5.32 Å². The molecule has 0 amide bonds. The SMILES string of the molecule is CNC(c1cscc1Br)C1C(C)(C)C1(C)C. The standard InChI is InChI=1S/C13H20BrNS/c1-12(2)11(13(12,3)4)10(15-5)8-6-16-7-9(8)14/h6-7,10-11,15H,1-5H3. The normalized spacial score (nSPS) is 24.4. The molecule has 0 saturated heterocycles. The number of thiophene rings is 1. The zero-order chi connectivity index (χ0) is 12.1. The van der Waals surface area contributed by atoms with Gasteiger partial charge < -0.3 is 5.32 Å². The Morgan fingerprint density at radius 2 is 1.81 bits per heavy atom. The van der Waals surface area contributed by atoms with Crippen LogP contribution in [0.15, 0.2) is 15.2 Å². The largest absolute Gasteiger partial charge is 0.313 e. The van der Waals surface area contributed by atoms with E-state index < -0.39 is 0 Å². The molecule has 2 rings (SSSR count). The summed E-state index contributed by atoms with van der Waals surface area (Å²) in [5, 5.41) is 7.92. The highest BCUT2D eigenvalue weighted by Gasteiger charge is 2.67. The van der Waals surface area contributed by atoms with Gasteiger partial charge in [-0.05, 0) is 50.7 Å². The lowest BCUT2D eigenvalue weighted by Crippen LogP contribution is -2.21. The molecule has 1 unspecified atom stereocenters. The Bertz CT molecular complexity index is 380. The third-order valence-electron chi connectivity index (χ3n) is 4.75. The molecule has 1 atom stereocenters. The molecule has 1 aromatic heterocycles. The molecular formula is C13H20BrNS. The van der Waals surface area contributed by atoms with Crippen LogP contribution in [0.1, 0.15) is 39.3 Å². The number of nitrogens with one attached hydrogen (secondary N) is 1. The highest BCUT2D eigenvalue weighted by molar-refractivity contribution is 9.10. The van der Waals surface area contributed by atoms with Gasteiger partial charge in [-0.1, -0.05) is 27.7 Å². The molecule has 0 aromatic carbocycles. The van der Waals surface area contributed by atoms with Gasteiger partial charge in [0.2, 0.25) is 0 Å². The minimum Gasteiger partial charge on any atom is -0.313 e. The van der Waals surface area contributed by atoms with Crippen LogP contribution >= 0.6 is 27.3 Å². The minimum atomic E-state index is 0.419. The summed E-state index contributed by atoms with van der Waals surface area (Å²) in [6.45, 7) is 9.51. The van der Waals surface area contributed by atoms with Gasteiger partial charge in [-0.3, -0.25) is 0 Å². The van der Waals surface area contributed by atoms with Gasteiger partial charge in [0.05, 0.1) is 0 Å². The maximum absolute atomic E-state index is 3.65. The maximum atomic E-state index is 3.65. The Kier molecular flexibility index (Phi) is 3.01. The van der Waals surface area contributed by atoms with Gasteiger partial charge in [0.15, 0.2) is 0 Å². The Labute approximate surface area is 111 Å². The van der Waals surface area contributed by atoms with Crippen LogP contribution in [0.3, 0.4) is 0 Å². The molecule has 3 heteroatoms. The predicted molar refractivity (Wildman–Crippen MR) is 74.9 cm³/mol. The average Bonchev–Trinajstić information content (AvgIpc) is 2.54. The van der Waals surface area contributed by atoms with Gasteiger partial charge in [0.1, 0.15) is 0 Å². The Hall–Kier alpha value is 0.140. The second-order valence-corrected chi connectivity index (χ2v) is 7.46. The first-order chi connectivity index (χ1) is 7.34. The Morgan fingerprint density at radius 3 is 2.12 bits per heavy atom. The molecule has 1 aliphatic rings. The molecule has 1 nitrogen and oxygen atoms in total. The quantitative estimate of drug-likeness (QED) is 0.869. The summed E-state index contributed by atoms with van der Waals surface area (Å²) in [4.78, 5) is 0. The van der Waals surface area contributed by atoms with Crippen LogP contribution in [0, 0.1) is 16.7 Å². The molecule has 1 saturated carbocycles. The average molecular weight is 302 g/mol. The molecule has 16 heavy (non-hydrogen) atoms. The van der Waals surface area contributed by atoms with E-state index in [4.69, 9.17) is 0 Å². The smallest absolute Gasteiger partial charge is 0.0376 e. The van der Waals surface area contributed by atoms with Crippen molar-refractivity contribution in [3.8, 4) is 0 Å². The van der Waals surface area contributed by atoms with Crippen molar-refractivity contribution in [1.29, 1.82) is 0 Å². The van der Waals surface area contributed by atoms with E-state index in [9.17, 15) is 0 Å². The Balaban J connectivity index is 2.31. The Morgan fingerprint density at radius 1 is 1.25 bits per heavy atom. The molecular weight excluding hydrogens is 282 g/mol. The third-order valence-corrected chi connectivity index (χ3v) is 6.51. The zero-order valence-electron chi connectivity index (χ0n) is 10.6. The topological polar surface area (TPSA) is 12.0 Å². The van der Waals surface area contributed by atoms with Gasteiger partial charge in [-0.15, -0.1) is 0 Å². The van der Waals surface area contributed by atoms with Gasteiger partial charge in [0.25, 0.3) is 0 Å². The van der Waals surface area contributed by atoms with E-state index in [-0.39, 0.29) is 0 Å². The summed E-state index contributed by atoms with van der Waals surface area (Å²) in [6.07, 6.45) is 0. The van der Waals surface area contributed by atoms with Gasteiger partial charge in [-0.2, -0.15) is 11.3 Å². The van der Waals surface area contributed by atoms with Crippen molar-refractivity contribution < 1.29 is 0 Å². The highest BCUT2D eigenvalue weighted by atomic mass is 79.9. The van der Waals surface area contributed by atoms with E-state index in [1.165, 1.54) is 10.0 Å². The molecule has 0 aliphatic heterocycles. The molecule has 1 aromatic rings. The van der Waals surface area contributed by atoms with Crippen LogP contribution in [-0.4, -0.2) is 7.05 Å². The summed E-state index contributed by atoms with van der Waals surface area (Å²) in [5.41, 5.74) is 2.25. The number of rotatable bonds is 3. The van der Waals surface area contributed by atoms with Crippen LogP contribution in [0.5, 0.6) is 0 Å². The maximum Gasteiger partial charge on any atom is 0.0376 e. The first kappa shape index (κ1) is 12.6. The van der Waals surface area contributed by atoms with Crippen molar-refractivity contribution in [2.75, 3.05) is 7.05 Å². The number of halogens is 1. The van der Waals surface area contributed by atoms with E-state index in [0.717, 1.165) is 0 Å². The molecule has 1 N–H and O–H groups in total. The minimum absolute atomic E-state index is 0.419. The first-order valence-electron chi connectivity index (χ1n) is 5.73. The molecule has 1 heterocycles. The molecule has 0 spiro atoms. The fourth-order valence-corrected chi connectivity index (χ4v) is 4.68. The van der Waals surface area contributed by atoms with Crippen molar-refractivity contribution in [2.45, 2.75) is 33.7 Å². The van der Waals surface area contributed by atoms with E-state index in [1.54, 1.807) is 11.3 Å². The molecule has 1 aliphatic carbocycles. The van der Waals surface area contributed by atoms with Crippen LogP contribution in [0.2, 0.25) is 0 Å². The van der Waals surface area contributed by atoms with E-state index in [2.05, 4.69) is 66.7 Å². The molecule has 0 bridgehead atoms. The highest BCUT2D eigenvalue weighted by Crippen LogP contribution is 2.72. The van der Waals surface area contributed by atoms with Crippen molar-refractivity contribution in [3.63, 3.8) is 0 Å².